The number of carbonyl (C=O) groups is 1. The minimum atomic E-state index is -1.85. The third kappa shape index (κ3) is 2.97. The lowest BCUT2D eigenvalue weighted by molar-refractivity contribution is -0.191. The normalized spacial score (nSPS) is 39.3. The molecule has 4 fully saturated rings. The second-order valence-corrected chi connectivity index (χ2v) is 13.6. The van der Waals surface area contributed by atoms with Crippen molar-refractivity contribution in [2.24, 2.45) is 0 Å². The molecule has 0 aromatic carbocycles. The number of ether oxygens (including phenoxy) is 3. The highest BCUT2D eigenvalue weighted by molar-refractivity contribution is 6.74. The van der Waals surface area contributed by atoms with Crippen molar-refractivity contribution in [3.05, 3.63) is 0 Å². The molecule has 0 saturated carbocycles. The standard InChI is InChI=1S/C16H29NO5Si/c1-15(2,3)23(6,7)19-8-9-11-13-12(21-16(4,5)22-13)10(17-9)14(18)20-11/h9-13,17H,8H2,1-7H3. The lowest BCUT2D eigenvalue weighted by Crippen LogP contribution is -2.73. The lowest BCUT2D eigenvalue weighted by atomic mass is 9.87. The van der Waals surface area contributed by atoms with Gasteiger partial charge >= 0.3 is 5.97 Å². The molecule has 2 bridgehead atoms. The zero-order chi connectivity index (χ0) is 17.2. The Hall–Kier alpha value is -0.473. The van der Waals surface area contributed by atoms with Crippen molar-refractivity contribution < 1.29 is 23.4 Å². The van der Waals surface area contributed by atoms with Gasteiger partial charge in [-0.1, -0.05) is 20.8 Å². The molecular formula is C16H29NO5Si. The molecule has 132 valence electrons. The monoisotopic (exact) mass is 343 g/mol. The molecule has 4 saturated heterocycles. The zero-order valence-corrected chi connectivity index (χ0v) is 16.1. The van der Waals surface area contributed by atoms with Gasteiger partial charge in [0.15, 0.2) is 14.1 Å². The number of hydrogen-bond donors (Lipinski definition) is 1. The fraction of sp³-hybridized carbons (Fsp3) is 0.938. The van der Waals surface area contributed by atoms with E-state index >= 15 is 0 Å². The molecule has 0 aromatic heterocycles. The summed E-state index contributed by atoms with van der Waals surface area (Å²) < 4.78 is 23.8. The molecule has 4 aliphatic rings. The molecule has 23 heavy (non-hydrogen) atoms. The first-order valence-corrected chi connectivity index (χ1v) is 11.3. The first kappa shape index (κ1) is 17.4. The van der Waals surface area contributed by atoms with Gasteiger partial charge in [-0.25, -0.2) is 0 Å². The van der Waals surface area contributed by atoms with Gasteiger partial charge in [-0.15, -0.1) is 0 Å². The third-order valence-corrected chi connectivity index (χ3v) is 10.0. The summed E-state index contributed by atoms with van der Waals surface area (Å²) in [6, 6.07) is -0.523. The van der Waals surface area contributed by atoms with Gasteiger partial charge in [0.05, 0.1) is 12.6 Å². The third-order valence-electron chi connectivity index (χ3n) is 5.54. The molecule has 0 spiro atoms. The Bertz CT molecular complexity index is 501. The summed E-state index contributed by atoms with van der Waals surface area (Å²) in [6.45, 7) is 15.4. The summed E-state index contributed by atoms with van der Waals surface area (Å²) in [6.07, 6.45) is -0.855. The van der Waals surface area contributed by atoms with Crippen LogP contribution in [0.3, 0.4) is 0 Å². The summed E-state index contributed by atoms with van der Waals surface area (Å²) in [5.41, 5.74) is 0. The van der Waals surface area contributed by atoms with Crippen LogP contribution in [0, 0.1) is 0 Å². The van der Waals surface area contributed by atoms with Crippen LogP contribution in [-0.2, 0) is 23.4 Å². The lowest BCUT2D eigenvalue weighted by Gasteiger charge is -2.48. The van der Waals surface area contributed by atoms with E-state index in [1.165, 1.54) is 0 Å². The first-order chi connectivity index (χ1) is 10.4. The van der Waals surface area contributed by atoms with Crippen LogP contribution in [0.5, 0.6) is 0 Å². The number of esters is 1. The predicted octanol–water partition coefficient (Wildman–Crippen LogP) is 1.79. The number of carbonyl (C=O) groups excluding carboxylic acids is 1. The van der Waals surface area contributed by atoms with Crippen LogP contribution in [0.1, 0.15) is 34.6 Å². The van der Waals surface area contributed by atoms with Crippen molar-refractivity contribution in [2.75, 3.05) is 6.61 Å². The van der Waals surface area contributed by atoms with Crippen LogP contribution in [0.4, 0.5) is 0 Å². The molecular weight excluding hydrogens is 314 g/mol. The van der Waals surface area contributed by atoms with Crippen molar-refractivity contribution in [3.63, 3.8) is 0 Å². The van der Waals surface area contributed by atoms with Gasteiger partial charge in [-0.2, -0.15) is 0 Å². The quantitative estimate of drug-likeness (QED) is 0.623. The molecule has 0 aliphatic carbocycles. The van der Waals surface area contributed by atoms with Crippen molar-refractivity contribution in [3.8, 4) is 0 Å². The van der Waals surface area contributed by atoms with E-state index < -0.39 is 20.1 Å². The average molecular weight is 343 g/mol. The van der Waals surface area contributed by atoms with Crippen LogP contribution < -0.4 is 5.32 Å². The Morgan fingerprint density at radius 3 is 2.39 bits per heavy atom. The topological polar surface area (TPSA) is 66.0 Å². The Balaban J connectivity index is 1.71. The van der Waals surface area contributed by atoms with E-state index in [9.17, 15) is 4.79 Å². The fourth-order valence-electron chi connectivity index (χ4n) is 3.19. The number of morpholine rings is 1. The van der Waals surface area contributed by atoms with E-state index in [-0.39, 0.29) is 35.4 Å². The molecule has 5 atom stereocenters. The summed E-state index contributed by atoms with van der Waals surface area (Å²) in [5, 5.41) is 3.50. The molecule has 1 N–H and O–H groups in total. The van der Waals surface area contributed by atoms with Gasteiger partial charge in [-0.3, -0.25) is 10.1 Å². The van der Waals surface area contributed by atoms with Crippen LogP contribution in [0.2, 0.25) is 18.1 Å². The minimum absolute atomic E-state index is 0.0504. The highest BCUT2D eigenvalue weighted by Crippen LogP contribution is 2.41. The Morgan fingerprint density at radius 1 is 1.17 bits per heavy atom. The van der Waals surface area contributed by atoms with Crippen molar-refractivity contribution in [1.29, 1.82) is 0 Å². The molecule has 5 unspecified atom stereocenters. The largest absolute Gasteiger partial charge is 0.456 e. The summed E-state index contributed by atoms with van der Waals surface area (Å²) in [5.74, 6) is -0.933. The van der Waals surface area contributed by atoms with E-state index in [4.69, 9.17) is 18.6 Å². The van der Waals surface area contributed by atoms with Crippen molar-refractivity contribution >= 4 is 14.3 Å². The number of rotatable bonds is 3. The van der Waals surface area contributed by atoms with Crippen molar-refractivity contribution in [1.82, 2.24) is 5.32 Å². The maximum absolute atomic E-state index is 12.1. The molecule has 4 aliphatic heterocycles. The highest BCUT2D eigenvalue weighted by Gasteiger charge is 2.62. The van der Waals surface area contributed by atoms with Gasteiger partial charge < -0.3 is 18.6 Å². The molecule has 0 aromatic rings. The molecule has 0 radical (unpaired) electrons. The van der Waals surface area contributed by atoms with Gasteiger partial charge in [0.2, 0.25) is 0 Å². The second-order valence-electron chi connectivity index (χ2n) is 8.79. The Morgan fingerprint density at radius 2 is 1.78 bits per heavy atom. The van der Waals surface area contributed by atoms with E-state index in [1.54, 1.807) is 0 Å². The van der Waals surface area contributed by atoms with E-state index in [0.717, 1.165) is 0 Å². The summed E-state index contributed by atoms with van der Waals surface area (Å²) in [4.78, 5) is 12.1. The first-order valence-electron chi connectivity index (χ1n) is 8.37. The van der Waals surface area contributed by atoms with E-state index in [1.807, 2.05) is 13.8 Å². The summed E-state index contributed by atoms with van der Waals surface area (Å²) >= 11 is 0. The molecule has 7 heteroatoms. The predicted molar refractivity (Wildman–Crippen MR) is 87.6 cm³/mol. The van der Waals surface area contributed by atoms with Crippen LogP contribution in [0.25, 0.3) is 0 Å². The van der Waals surface area contributed by atoms with Gasteiger partial charge in [0.1, 0.15) is 24.4 Å². The van der Waals surface area contributed by atoms with Crippen LogP contribution >= 0.6 is 0 Å². The maximum atomic E-state index is 12.1. The van der Waals surface area contributed by atoms with E-state index in [2.05, 4.69) is 39.2 Å². The average Bonchev–Trinajstić information content (AvgIpc) is 2.72. The fourth-order valence-corrected chi connectivity index (χ4v) is 4.22. The van der Waals surface area contributed by atoms with Crippen molar-refractivity contribution in [2.45, 2.75) is 88.9 Å². The molecule has 0 amide bonds. The number of nitrogens with one attached hydrogen (secondary N) is 1. The molecule has 6 nitrogen and oxygen atoms in total. The van der Waals surface area contributed by atoms with E-state index in [0.29, 0.717) is 6.61 Å². The smallest absolute Gasteiger partial charge is 0.326 e. The summed E-state index contributed by atoms with van der Waals surface area (Å²) in [7, 11) is -1.85. The zero-order valence-electron chi connectivity index (χ0n) is 15.1. The SMILES string of the molecule is CC1(C)OC2C3NC(CO[Si](C)(C)C(C)(C)C)C(OC3=O)C2O1. The van der Waals surface area contributed by atoms with Gasteiger partial charge in [-0.05, 0) is 32.0 Å². The van der Waals surface area contributed by atoms with Crippen LogP contribution in [0.15, 0.2) is 0 Å². The van der Waals surface area contributed by atoms with Gasteiger partial charge in [0, 0.05) is 0 Å². The number of piperidine rings is 1. The Kier molecular flexibility index (Phi) is 3.97. The van der Waals surface area contributed by atoms with Gasteiger partial charge in [0.25, 0.3) is 0 Å². The Labute approximate surface area is 139 Å². The molecule has 4 heterocycles. The second kappa shape index (κ2) is 5.26. The number of hydrogen-bond acceptors (Lipinski definition) is 6. The highest BCUT2D eigenvalue weighted by atomic mass is 28.4. The van der Waals surface area contributed by atoms with Crippen LogP contribution in [-0.4, -0.2) is 57.1 Å². The molecule has 4 rings (SSSR count). The number of fused-ring (bicyclic) bond motifs is 2. The minimum Gasteiger partial charge on any atom is -0.456 e. The maximum Gasteiger partial charge on any atom is 0.326 e.